The van der Waals surface area contributed by atoms with Crippen molar-refractivity contribution in [2.75, 3.05) is 0 Å². The monoisotopic (exact) mass is 394 g/mol. The molecule has 160 valence electrons. The van der Waals surface area contributed by atoms with E-state index in [-0.39, 0.29) is 22.0 Å². The van der Waals surface area contributed by atoms with Crippen LogP contribution in [0.4, 0.5) is 0 Å². The molecule has 0 atom stereocenters. The van der Waals surface area contributed by atoms with Gasteiger partial charge in [0.05, 0.1) is 11.2 Å². The van der Waals surface area contributed by atoms with E-state index in [2.05, 4.69) is 118 Å². The minimum Gasteiger partial charge on any atom is -0.369 e. The molecule has 0 aliphatic rings. The van der Waals surface area contributed by atoms with Crippen molar-refractivity contribution in [2.24, 2.45) is 0 Å². The summed E-state index contributed by atoms with van der Waals surface area (Å²) < 4.78 is 6.63. The second kappa shape index (κ2) is 8.26. The summed E-state index contributed by atoms with van der Waals surface area (Å²) in [5, 5.41) is 0. The van der Waals surface area contributed by atoms with E-state index in [9.17, 15) is 0 Å². The molecule has 0 aliphatic heterocycles. The lowest BCUT2D eigenvalue weighted by molar-refractivity contribution is -0.121. The van der Waals surface area contributed by atoms with Gasteiger partial charge < -0.3 is 4.74 Å². The van der Waals surface area contributed by atoms with Gasteiger partial charge in [-0.05, 0) is 60.8 Å². The van der Waals surface area contributed by atoms with E-state index in [1.54, 1.807) is 0 Å². The third kappa shape index (κ3) is 7.30. The van der Waals surface area contributed by atoms with Crippen molar-refractivity contribution in [2.45, 2.75) is 104 Å². The van der Waals surface area contributed by atoms with Crippen LogP contribution in [-0.4, -0.2) is 11.2 Å². The Morgan fingerprint density at radius 1 is 0.483 bits per heavy atom. The molecule has 0 saturated carbocycles. The Bertz CT molecular complexity index is 709. The van der Waals surface area contributed by atoms with E-state index in [0.717, 1.165) is 12.8 Å². The predicted molar refractivity (Wildman–Crippen MR) is 127 cm³/mol. The van der Waals surface area contributed by atoms with E-state index >= 15 is 0 Å². The van der Waals surface area contributed by atoms with E-state index in [1.165, 1.54) is 22.3 Å². The molecule has 2 rings (SSSR count). The van der Waals surface area contributed by atoms with Gasteiger partial charge in [0, 0.05) is 12.8 Å². The van der Waals surface area contributed by atoms with Gasteiger partial charge in [0.25, 0.3) is 0 Å². The fraction of sp³-hybridized carbons (Fsp3) is 0.571. The zero-order chi connectivity index (χ0) is 22.1. The van der Waals surface area contributed by atoms with Gasteiger partial charge in [-0.15, -0.1) is 0 Å². The first-order valence-electron chi connectivity index (χ1n) is 11.0. The highest BCUT2D eigenvalue weighted by Crippen LogP contribution is 2.29. The first-order valence-corrected chi connectivity index (χ1v) is 11.0. The average molecular weight is 395 g/mol. The Hall–Kier alpha value is -1.60. The number of ether oxygens (including phenoxy) is 1. The molecule has 0 aromatic heterocycles. The predicted octanol–water partition coefficient (Wildman–Crippen LogP) is 7.64. The molecule has 1 heteroatoms. The topological polar surface area (TPSA) is 9.23 Å². The minimum absolute atomic E-state index is 0.190. The van der Waals surface area contributed by atoms with Gasteiger partial charge in [-0.25, -0.2) is 0 Å². The minimum atomic E-state index is -0.224. The second-order valence-corrected chi connectivity index (χ2v) is 11.9. The Balaban J connectivity index is 2.04. The van der Waals surface area contributed by atoms with Gasteiger partial charge >= 0.3 is 0 Å². The summed E-state index contributed by atoms with van der Waals surface area (Å²) in [4.78, 5) is 0. The molecule has 1 nitrogen and oxygen atoms in total. The van der Waals surface area contributed by atoms with Crippen LogP contribution in [0.15, 0.2) is 48.5 Å². The maximum absolute atomic E-state index is 6.63. The van der Waals surface area contributed by atoms with E-state index in [0.29, 0.717) is 0 Å². The Morgan fingerprint density at radius 3 is 1.00 bits per heavy atom. The SMILES string of the molecule is CC(C)(Cc1ccc(C(C)(C)C)cc1)OC(C)(C)Cc1ccc(C(C)(C)C)cc1. The molecule has 2 aromatic carbocycles. The maximum Gasteiger partial charge on any atom is 0.0674 e. The van der Waals surface area contributed by atoms with Crippen LogP contribution >= 0.6 is 0 Å². The maximum atomic E-state index is 6.63. The van der Waals surface area contributed by atoms with Crippen LogP contribution in [0.1, 0.15) is 91.5 Å². The third-order valence-electron chi connectivity index (χ3n) is 5.45. The van der Waals surface area contributed by atoms with E-state index in [4.69, 9.17) is 4.74 Å². The molecule has 29 heavy (non-hydrogen) atoms. The Kier molecular flexibility index (Phi) is 6.75. The first kappa shape index (κ1) is 23.7. The van der Waals surface area contributed by atoms with Crippen molar-refractivity contribution >= 4 is 0 Å². The van der Waals surface area contributed by atoms with Gasteiger partial charge in [0.1, 0.15) is 0 Å². The van der Waals surface area contributed by atoms with Crippen molar-refractivity contribution in [3.63, 3.8) is 0 Å². The lowest BCUT2D eigenvalue weighted by atomic mass is 9.85. The van der Waals surface area contributed by atoms with Crippen LogP contribution in [0, 0.1) is 0 Å². The number of rotatable bonds is 6. The summed E-state index contributed by atoms with van der Waals surface area (Å²) in [6.07, 6.45) is 1.81. The van der Waals surface area contributed by atoms with Crippen LogP contribution in [0.5, 0.6) is 0 Å². The molecule has 0 radical (unpaired) electrons. The average Bonchev–Trinajstić information content (AvgIpc) is 2.52. The molecule has 0 unspecified atom stereocenters. The van der Waals surface area contributed by atoms with Crippen LogP contribution in [0.2, 0.25) is 0 Å². The van der Waals surface area contributed by atoms with Gasteiger partial charge in [0.2, 0.25) is 0 Å². The summed E-state index contributed by atoms with van der Waals surface area (Å²) in [6.45, 7) is 22.3. The molecule has 0 heterocycles. The molecule has 0 fully saturated rings. The Labute approximate surface area is 179 Å². The summed E-state index contributed by atoms with van der Waals surface area (Å²) in [6, 6.07) is 18.0. The molecule has 0 N–H and O–H groups in total. The molecule has 2 aromatic rings. The Morgan fingerprint density at radius 2 is 0.759 bits per heavy atom. The lowest BCUT2D eigenvalue weighted by Crippen LogP contribution is -2.40. The number of hydrogen-bond acceptors (Lipinski definition) is 1. The summed E-state index contributed by atoms with van der Waals surface area (Å²) in [7, 11) is 0. The number of benzene rings is 2. The quantitative estimate of drug-likeness (QED) is 0.489. The molecule has 0 aliphatic carbocycles. The van der Waals surface area contributed by atoms with E-state index < -0.39 is 0 Å². The normalized spacial score (nSPS) is 13.6. The smallest absolute Gasteiger partial charge is 0.0674 e. The molecule has 0 spiro atoms. The highest BCUT2D eigenvalue weighted by Gasteiger charge is 2.30. The molecular weight excluding hydrogens is 352 g/mol. The van der Waals surface area contributed by atoms with Crippen molar-refractivity contribution in [3.8, 4) is 0 Å². The zero-order valence-corrected chi connectivity index (χ0v) is 20.4. The van der Waals surface area contributed by atoms with Crippen molar-refractivity contribution < 1.29 is 4.74 Å². The highest BCUT2D eigenvalue weighted by molar-refractivity contribution is 5.29. The molecule has 0 saturated heterocycles. The van der Waals surface area contributed by atoms with Crippen molar-refractivity contribution in [3.05, 3.63) is 70.8 Å². The van der Waals surface area contributed by atoms with Crippen LogP contribution in [0.25, 0.3) is 0 Å². The fourth-order valence-electron chi connectivity index (χ4n) is 4.05. The second-order valence-electron chi connectivity index (χ2n) is 11.9. The van der Waals surface area contributed by atoms with Crippen LogP contribution in [-0.2, 0) is 28.4 Å². The largest absolute Gasteiger partial charge is 0.369 e. The lowest BCUT2D eigenvalue weighted by Gasteiger charge is -2.37. The molecular formula is C28H42O. The zero-order valence-electron chi connectivity index (χ0n) is 20.4. The number of hydrogen-bond donors (Lipinski definition) is 0. The van der Waals surface area contributed by atoms with E-state index in [1.807, 2.05) is 0 Å². The van der Waals surface area contributed by atoms with Crippen molar-refractivity contribution in [1.82, 2.24) is 0 Å². The van der Waals surface area contributed by atoms with Crippen LogP contribution in [0.3, 0.4) is 0 Å². The summed E-state index contributed by atoms with van der Waals surface area (Å²) >= 11 is 0. The van der Waals surface area contributed by atoms with Crippen molar-refractivity contribution in [1.29, 1.82) is 0 Å². The first-order chi connectivity index (χ1) is 13.1. The summed E-state index contributed by atoms with van der Waals surface area (Å²) in [5.41, 5.74) is 5.33. The third-order valence-corrected chi connectivity index (χ3v) is 5.45. The van der Waals surface area contributed by atoms with Gasteiger partial charge in [-0.1, -0.05) is 90.1 Å². The van der Waals surface area contributed by atoms with Gasteiger partial charge in [-0.2, -0.15) is 0 Å². The molecule has 0 amide bonds. The summed E-state index contributed by atoms with van der Waals surface area (Å²) in [5.74, 6) is 0. The fourth-order valence-corrected chi connectivity index (χ4v) is 4.05. The standard InChI is InChI=1S/C28H42O/c1-25(2,3)23-15-11-21(12-16-23)19-27(7,8)29-28(9,10)20-22-13-17-24(18-14-22)26(4,5)6/h11-18H,19-20H2,1-10H3. The van der Waals surface area contributed by atoms with Gasteiger partial charge in [-0.3, -0.25) is 0 Å². The molecule has 0 bridgehead atoms. The van der Waals surface area contributed by atoms with Crippen LogP contribution < -0.4 is 0 Å². The highest BCUT2D eigenvalue weighted by atomic mass is 16.5. The van der Waals surface area contributed by atoms with Gasteiger partial charge in [0.15, 0.2) is 0 Å².